The van der Waals surface area contributed by atoms with Crippen LogP contribution in [0.5, 0.6) is 11.9 Å². The van der Waals surface area contributed by atoms with Crippen molar-refractivity contribution in [2.45, 2.75) is 32.3 Å². The highest BCUT2D eigenvalue weighted by Gasteiger charge is 2.23. The molecule has 4 heterocycles. The molecule has 0 atom stereocenters. The number of carbonyl (C=O) groups is 1. The number of H-pyrrole nitrogens is 1. The fourth-order valence-corrected chi connectivity index (χ4v) is 4.23. The van der Waals surface area contributed by atoms with Crippen LogP contribution in [0.2, 0.25) is 5.02 Å². The van der Waals surface area contributed by atoms with Crippen LogP contribution in [0.15, 0.2) is 18.2 Å². The molecule has 168 valence electrons. The van der Waals surface area contributed by atoms with Crippen molar-refractivity contribution >= 4 is 34.5 Å². The molecule has 2 fully saturated rings. The molecule has 1 saturated heterocycles. The van der Waals surface area contributed by atoms with E-state index < -0.39 is 0 Å². The molecule has 5 rings (SSSR count). The minimum absolute atomic E-state index is 0.0984. The summed E-state index contributed by atoms with van der Waals surface area (Å²) in [7, 11) is 1.58. The number of ether oxygens (including phenoxy) is 2. The van der Waals surface area contributed by atoms with Crippen molar-refractivity contribution in [3.63, 3.8) is 0 Å². The Morgan fingerprint density at radius 1 is 1.16 bits per heavy atom. The van der Waals surface area contributed by atoms with Crippen LogP contribution in [0.1, 0.15) is 26.2 Å². The fraction of sp³-hybridized carbons (Fsp3) is 0.455. The molecular formula is C22H25ClN6O3. The van der Waals surface area contributed by atoms with E-state index in [9.17, 15) is 4.79 Å². The van der Waals surface area contributed by atoms with Crippen LogP contribution in [0.4, 0.5) is 5.82 Å². The minimum Gasteiger partial charge on any atom is -0.480 e. The number of imidazole rings is 1. The lowest BCUT2D eigenvalue weighted by Gasteiger charge is -2.35. The van der Waals surface area contributed by atoms with Crippen LogP contribution >= 0.6 is 11.6 Å². The number of fused-ring (bicyclic) bond motifs is 1. The number of halogens is 1. The van der Waals surface area contributed by atoms with E-state index in [4.69, 9.17) is 26.1 Å². The van der Waals surface area contributed by atoms with E-state index in [1.807, 2.05) is 17.0 Å². The molecule has 1 aliphatic carbocycles. The lowest BCUT2D eigenvalue weighted by Crippen LogP contribution is -2.48. The van der Waals surface area contributed by atoms with E-state index >= 15 is 0 Å². The fourth-order valence-electron chi connectivity index (χ4n) is 3.98. The number of rotatable bonds is 5. The van der Waals surface area contributed by atoms with Gasteiger partial charge in [-0.2, -0.15) is 9.97 Å². The Morgan fingerprint density at radius 2 is 1.94 bits per heavy atom. The van der Waals surface area contributed by atoms with Gasteiger partial charge in [-0.3, -0.25) is 4.79 Å². The average Bonchev–Trinajstić information content (AvgIpc) is 3.16. The first-order valence-corrected chi connectivity index (χ1v) is 11.2. The molecule has 32 heavy (non-hydrogen) atoms. The van der Waals surface area contributed by atoms with Crippen LogP contribution in [-0.4, -0.2) is 70.1 Å². The van der Waals surface area contributed by atoms with Gasteiger partial charge in [0.2, 0.25) is 11.8 Å². The highest BCUT2D eigenvalue weighted by Crippen LogP contribution is 2.36. The van der Waals surface area contributed by atoms with Gasteiger partial charge in [0.15, 0.2) is 5.65 Å². The van der Waals surface area contributed by atoms with Crippen LogP contribution in [-0.2, 0) is 4.79 Å². The van der Waals surface area contributed by atoms with Gasteiger partial charge in [-0.25, -0.2) is 4.98 Å². The second-order valence-corrected chi connectivity index (χ2v) is 8.53. The van der Waals surface area contributed by atoms with Crippen molar-refractivity contribution in [3.05, 3.63) is 23.2 Å². The molecular weight excluding hydrogens is 432 g/mol. The predicted molar refractivity (Wildman–Crippen MR) is 121 cm³/mol. The monoisotopic (exact) mass is 456 g/mol. The molecule has 1 aliphatic heterocycles. The Labute approximate surface area is 190 Å². The lowest BCUT2D eigenvalue weighted by atomic mass is 9.96. The number of nitrogens with zero attached hydrogens (tertiary/aromatic N) is 5. The average molecular weight is 457 g/mol. The predicted octanol–water partition coefficient (Wildman–Crippen LogP) is 3.28. The zero-order valence-corrected chi connectivity index (χ0v) is 18.9. The van der Waals surface area contributed by atoms with Crippen molar-refractivity contribution < 1.29 is 14.3 Å². The Bertz CT molecular complexity index is 1150. The third-order valence-corrected chi connectivity index (χ3v) is 6.37. The van der Waals surface area contributed by atoms with Gasteiger partial charge in [0.25, 0.3) is 6.01 Å². The van der Waals surface area contributed by atoms with Crippen LogP contribution in [0.25, 0.3) is 22.4 Å². The van der Waals surface area contributed by atoms with Crippen LogP contribution in [0.3, 0.4) is 0 Å². The number of hydrogen-bond acceptors (Lipinski definition) is 7. The van der Waals surface area contributed by atoms with E-state index in [-0.39, 0.29) is 12.0 Å². The van der Waals surface area contributed by atoms with Gasteiger partial charge >= 0.3 is 0 Å². The largest absolute Gasteiger partial charge is 0.480 e. The second-order valence-electron chi connectivity index (χ2n) is 8.12. The van der Waals surface area contributed by atoms with Gasteiger partial charge in [-0.1, -0.05) is 11.6 Å². The van der Waals surface area contributed by atoms with E-state index in [0.29, 0.717) is 46.9 Å². The standard InChI is InChI=1S/C22H25ClN6O3/c1-13(30)28-8-10-29(11-9-28)18-7-6-15(21(25-18)31-2)19-16(23)12-17-20(26-19)27-22(24-17)32-14-4-3-5-14/h6-7,12,14H,3-5,8-11H2,1-2H3,(H,24,26,27). The summed E-state index contributed by atoms with van der Waals surface area (Å²) < 4.78 is 11.4. The smallest absolute Gasteiger partial charge is 0.296 e. The minimum atomic E-state index is 0.0984. The summed E-state index contributed by atoms with van der Waals surface area (Å²) in [6, 6.07) is 6.11. The normalized spacial score (nSPS) is 16.8. The van der Waals surface area contributed by atoms with Crippen molar-refractivity contribution in [1.29, 1.82) is 0 Å². The SMILES string of the molecule is COc1nc(N2CCN(C(C)=O)CC2)ccc1-c1nc2nc(OC3CCC3)[nH]c2cc1Cl. The maximum atomic E-state index is 11.6. The number of hydrogen-bond donors (Lipinski definition) is 1. The van der Waals surface area contributed by atoms with E-state index in [1.54, 1.807) is 20.1 Å². The van der Waals surface area contributed by atoms with E-state index in [0.717, 1.165) is 37.3 Å². The van der Waals surface area contributed by atoms with Crippen LogP contribution in [0, 0.1) is 0 Å². The second kappa shape index (κ2) is 8.46. The molecule has 3 aromatic heterocycles. The molecule has 0 aromatic carbocycles. The van der Waals surface area contributed by atoms with Gasteiger partial charge in [0, 0.05) is 33.1 Å². The summed E-state index contributed by atoms with van der Waals surface area (Å²) >= 11 is 6.57. The summed E-state index contributed by atoms with van der Waals surface area (Å²) in [6.45, 7) is 4.39. The highest BCUT2D eigenvalue weighted by atomic mass is 35.5. The number of amides is 1. The molecule has 1 saturated carbocycles. The summed E-state index contributed by atoms with van der Waals surface area (Å²) in [5.74, 6) is 1.33. The van der Waals surface area contributed by atoms with Gasteiger partial charge < -0.3 is 24.3 Å². The zero-order valence-electron chi connectivity index (χ0n) is 18.1. The molecule has 0 radical (unpaired) electrons. The maximum Gasteiger partial charge on any atom is 0.296 e. The third-order valence-electron chi connectivity index (χ3n) is 6.08. The van der Waals surface area contributed by atoms with E-state index in [1.165, 1.54) is 6.42 Å². The Balaban J connectivity index is 1.42. The van der Waals surface area contributed by atoms with Crippen LogP contribution < -0.4 is 14.4 Å². The molecule has 0 spiro atoms. The van der Waals surface area contributed by atoms with Crippen molar-refractivity contribution in [1.82, 2.24) is 24.8 Å². The van der Waals surface area contributed by atoms with Gasteiger partial charge in [0.1, 0.15) is 11.9 Å². The Morgan fingerprint density at radius 3 is 2.59 bits per heavy atom. The first-order chi connectivity index (χ1) is 15.5. The van der Waals surface area contributed by atoms with Crippen molar-refractivity contribution in [2.75, 3.05) is 38.2 Å². The zero-order chi connectivity index (χ0) is 22.2. The number of aromatic amines is 1. The topological polar surface area (TPSA) is 96.5 Å². The first-order valence-electron chi connectivity index (χ1n) is 10.8. The molecule has 1 N–H and O–H groups in total. The Kier molecular flexibility index (Phi) is 5.50. The number of methoxy groups -OCH3 is 1. The van der Waals surface area contributed by atoms with Crippen molar-refractivity contribution in [3.8, 4) is 23.1 Å². The molecule has 10 heteroatoms. The number of anilines is 1. The summed E-state index contributed by atoms with van der Waals surface area (Å²) in [6.07, 6.45) is 3.51. The quantitative estimate of drug-likeness (QED) is 0.629. The molecule has 2 aliphatic rings. The number of pyridine rings is 2. The summed E-state index contributed by atoms with van der Waals surface area (Å²) in [5.41, 5.74) is 2.50. The maximum absolute atomic E-state index is 11.6. The molecule has 1 amide bonds. The highest BCUT2D eigenvalue weighted by molar-refractivity contribution is 6.33. The lowest BCUT2D eigenvalue weighted by molar-refractivity contribution is -0.129. The molecule has 9 nitrogen and oxygen atoms in total. The molecule has 0 bridgehead atoms. The number of piperazine rings is 1. The van der Waals surface area contributed by atoms with Gasteiger partial charge in [-0.05, 0) is 37.5 Å². The Hall–Kier alpha value is -3.07. The van der Waals surface area contributed by atoms with Crippen molar-refractivity contribution in [2.24, 2.45) is 0 Å². The third kappa shape index (κ3) is 3.92. The summed E-state index contributed by atoms with van der Waals surface area (Å²) in [5, 5.41) is 0.472. The molecule has 3 aromatic rings. The summed E-state index contributed by atoms with van der Waals surface area (Å²) in [4.78, 5) is 32.5. The number of nitrogens with one attached hydrogen (secondary N) is 1. The van der Waals surface area contributed by atoms with E-state index in [2.05, 4.69) is 19.9 Å². The van der Waals surface area contributed by atoms with Gasteiger partial charge in [0.05, 0.1) is 28.9 Å². The number of aromatic nitrogens is 4. The number of carbonyl (C=O) groups excluding carboxylic acids is 1. The molecule has 0 unspecified atom stereocenters. The first kappa shape index (κ1) is 20.8. The van der Waals surface area contributed by atoms with Gasteiger partial charge in [-0.15, -0.1) is 0 Å².